The minimum Gasteiger partial charge on any atom is -0.493 e. The summed E-state index contributed by atoms with van der Waals surface area (Å²) in [6.07, 6.45) is 0. The van der Waals surface area contributed by atoms with Gasteiger partial charge in [-0.25, -0.2) is 4.98 Å². The molecule has 3 aromatic rings. The summed E-state index contributed by atoms with van der Waals surface area (Å²) in [5, 5.41) is 17.9. The maximum absolute atomic E-state index is 9.00. The molecule has 0 aliphatic rings. The van der Waals surface area contributed by atoms with Gasteiger partial charge in [0.05, 0.1) is 28.0 Å². The molecule has 0 aliphatic carbocycles. The van der Waals surface area contributed by atoms with Crippen molar-refractivity contribution < 1.29 is 4.74 Å². The number of nitriles is 2. The lowest BCUT2D eigenvalue weighted by Gasteiger charge is -2.05. The van der Waals surface area contributed by atoms with Crippen molar-refractivity contribution in [2.75, 3.05) is 12.4 Å². The van der Waals surface area contributed by atoms with Gasteiger partial charge in [-0.1, -0.05) is 23.9 Å². The molecule has 0 amide bonds. The highest BCUT2D eigenvalue weighted by atomic mass is 32.2. The molecule has 1 aromatic heterocycles. The fourth-order valence-electron chi connectivity index (χ4n) is 2.00. The summed E-state index contributed by atoms with van der Waals surface area (Å²) in [4.78, 5) is 4.55. The first-order valence-electron chi connectivity index (χ1n) is 6.85. The lowest BCUT2D eigenvalue weighted by atomic mass is 10.1. The van der Waals surface area contributed by atoms with E-state index in [0.717, 1.165) is 15.6 Å². The largest absolute Gasteiger partial charge is 0.493 e. The van der Waals surface area contributed by atoms with Crippen LogP contribution in [0.25, 0.3) is 10.2 Å². The zero-order chi connectivity index (χ0) is 16.1. The molecule has 0 unspecified atom stereocenters. The highest BCUT2D eigenvalue weighted by Crippen LogP contribution is 2.29. The van der Waals surface area contributed by atoms with Crippen molar-refractivity contribution in [3.05, 3.63) is 53.6 Å². The number of benzene rings is 2. The number of nitrogens with zero attached hydrogens (tertiary/aromatic N) is 3. The quantitative estimate of drug-likeness (QED) is 0.515. The first-order valence-corrected chi connectivity index (χ1v) is 8.66. The highest BCUT2D eigenvalue weighted by Gasteiger charge is 2.05. The van der Waals surface area contributed by atoms with Crippen molar-refractivity contribution in [3.8, 4) is 17.9 Å². The Morgan fingerprint density at radius 3 is 2.70 bits per heavy atom. The van der Waals surface area contributed by atoms with Crippen molar-refractivity contribution in [2.24, 2.45) is 0 Å². The number of aromatic nitrogens is 1. The van der Waals surface area contributed by atoms with E-state index in [4.69, 9.17) is 15.3 Å². The van der Waals surface area contributed by atoms with Crippen LogP contribution in [0.1, 0.15) is 11.1 Å². The van der Waals surface area contributed by atoms with E-state index in [0.29, 0.717) is 23.5 Å². The van der Waals surface area contributed by atoms with Crippen molar-refractivity contribution in [1.29, 1.82) is 10.5 Å². The van der Waals surface area contributed by atoms with E-state index >= 15 is 0 Å². The van der Waals surface area contributed by atoms with Crippen LogP contribution >= 0.6 is 23.1 Å². The average molecular weight is 337 g/mol. The molecule has 112 valence electrons. The molecule has 1 heterocycles. The molecule has 0 fully saturated rings. The molecule has 6 heteroatoms. The van der Waals surface area contributed by atoms with Gasteiger partial charge in [-0.15, -0.1) is 11.3 Å². The molecular formula is C17H11N3OS2. The van der Waals surface area contributed by atoms with Crippen LogP contribution in [-0.4, -0.2) is 17.3 Å². The summed E-state index contributed by atoms with van der Waals surface area (Å²) in [6.45, 7) is 0.511. The maximum Gasteiger partial charge on any atom is 0.151 e. The average Bonchev–Trinajstić information content (AvgIpc) is 3.01. The minimum atomic E-state index is 0.337. The van der Waals surface area contributed by atoms with Gasteiger partial charge < -0.3 is 4.74 Å². The number of hydrogen-bond acceptors (Lipinski definition) is 6. The van der Waals surface area contributed by atoms with Crippen LogP contribution in [0.4, 0.5) is 0 Å². The lowest BCUT2D eigenvalue weighted by molar-refractivity contribution is 0.344. The minimum absolute atomic E-state index is 0.337. The molecule has 3 rings (SSSR count). The molecule has 0 spiro atoms. The second-order valence-electron chi connectivity index (χ2n) is 4.58. The third-order valence-corrected chi connectivity index (χ3v) is 5.23. The van der Waals surface area contributed by atoms with Crippen LogP contribution in [0.5, 0.6) is 5.75 Å². The van der Waals surface area contributed by atoms with Gasteiger partial charge in [-0.05, 0) is 30.3 Å². The van der Waals surface area contributed by atoms with Crippen LogP contribution in [0, 0.1) is 22.7 Å². The zero-order valence-electron chi connectivity index (χ0n) is 12.0. The van der Waals surface area contributed by atoms with Crippen molar-refractivity contribution >= 4 is 33.3 Å². The summed E-state index contributed by atoms with van der Waals surface area (Å²) >= 11 is 3.32. The highest BCUT2D eigenvalue weighted by molar-refractivity contribution is 8.01. The van der Waals surface area contributed by atoms with Crippen LogP contribution in [0.2, 0.25) is 0 Å². The third-order valence-electron chi connectivity index (χ3n) is 3.08. The Morgan fingerprint density at radius 1 is 1.09 bits per heavy atom. The van der Waals surface area contributed by atoms with Gasteiger partial charge in [0.25, 0.3) is 0 Å². The van der Waals surface area contributed by atoms with Crippen molar-refractivity contribution in [3.63, 3.8) is 0 Å². The van der Waals surface area contributed by atoms with Gasteiger partial charge in [0, 0.05) is 5.75 Å². The van der Waals surface area contributed by atoms with Crippen LogP contribution in [0.15, 0.2) is 46.8 Å². The summed E-state index contributed by atoms with van der Waals surface area (Å²) in [5.41, 5.74) is 1.72. The lowest BCUT2D eigenvalue weighted by Crippen LogP contribution is -2.00. The summed E-state index contributed by atoms with van der Waals surface area (Å²) < 4.78 is 7.84. The van der Waals surface area contributed by atoms with E-state index in [1.165, 1.54) is 4.70 Å². The van der Waals surface area contributed by atoms with Crippen LogP contribution in [0.3, 0.4) is 0 Å². The summed E-state index contributed by atoms with van der Waals surface area (Å²) in [7, 11) is 0. The second kappa shape index (κ2) is 7.15. The van der Waals surface area contributed by atoms with E-state index in [2.05, 4.69) is 11.1 Å². The van der Waals surface area contributed by atoms with Crippen LogP contribution < -0.4 is 4.74 Å². The predicted octanol–water partition coefficient (Wildman–Crippen LogP) is 4.21. The Bertz CT molecular complexity index is 888. The fourth-order valence-corrected chi connectivity index (χ4v) is 3.96. The smallest absolute Gasteiger partial charge is 0.151 e. The first-order chi connectivity index (χ1) is 11.3. The number of thioether (sulfide) groups is 1. The molecule has 0 N–H and O–H groups in total. The van der Waals surface area contributed by atoms with Gasteiger partial charge >= 0.3 is 0 Å². The molecule has 0 saturated heterocycles. The Balaban J connectivity index is 1.56. The number of hydrogen-bond donors (Lipinski definition) is 0. The molecule has 0 bridgehead atoms. The van der Waals surface area contributed by atoms with E-state index in [9.17, 15) is 0 Å². The third kappa shape index (κ3) is 3.62. The van der Waals surface area contributed by atoms with Gasteiger partial charge in [-0.2, -0.15) is 10.5 Å². The number of ether oxygens (including phenoxy) is 1. The molecule has 4 nitrogen and oxygen atoms in total. The SMILES string of the molecule is N#Cc1ccc(OCCSc2nc3ccccc3s2)cc1C#N. The number of para-hydroxylation sites is 1. The topological polar surface area (TPSA) is 69.7 Å². The zero-order valence-corrected chi connectivity index (χ0v) is 13.7. The first kappa shape index (κ1) is 15.4. The van der Waals surface area contributed by atoms with Crippen molar-refractivity contribution in [1.82, 2.24) is 4.98 Å². The summed E-state index contributed by atoms with van der Waals surface area (Å²) in [5.74, 6) is 1.37. The van der Waals surface area contributed by atoms with Gasteiger partial charge in [0.2, 0.25) is 0 Å². The Kier molecular flexibility index (Phi) is 4.77. The Hall–Kier alpha value is -2.54. The Morgan fingerprint density at radius 2 is 1.91 bits per heavy atom. The standard InChI is InChI=1S/C17H11N3OS2/c18-10-12-5-6-14(9-13(12)11-19)21-7-8-22-17-20-15-3-1-2-4-16(15)23-17/h1-6,9H,7-8H2. The number of rotatable bonds is 5. The van der Waals surface area contributed by atoms with E-state index in [1.54, 1.807) is 41.3 Å². The molecule has 0 aliphatic heterocycles. The Labute approximate surface area is 142 Å². The normalized spacial score (nSPS) is 10.2. The van der Waals surface area contributed by atoms with Gasteiger partial charge in [-0.3, -0.25) is 0 Å². The second-order valence-corrected chi connectivity index (χ2v) is 6.95. The van der Waals surface area contributed by atoms with E-state index in [1.807, 2.05) is 30.3 Å². The van der Waals surface area contributed by atoms with E-state index < -0.39 is 0 Å². The molecule has 0 radical (unpaired) electrons. The summed E-state index contributed by atoms with van der Waals surface area (Å²) in [6, 6.07) is 17.0. The molecule has 23 heavy (non-hydrogen) atoms. The van der Waals surface area contributed by atoms with Crippen LogP contribution in [-0.2, 0) is 0 Å². The number of thiazole rings is 1. The number of fused-ring (bicyclic) bond motifs is 1. The van der Waals surface area contributed by atoms with E-state index in [-0.39, 0.29) is 0 Å². The molecule has 0 atom stereocenters. The van der Waals surface area contributed by atoms with Crippen molar-refractivity contribution in [2.45, 2.75) is 4.34 Å². The monoisotopic (exact) mass is 337 g/mol. The molecule has 2 aromatic carbocycles. The molecule has 0 saturated carbocycles. The van der Waals surface area contributed by atoms with Gasteiger partial charge in [0.15, 0.2) is 4.34 Å². The van der Waals surface area contributed by atoms with Gasteiger partial charge in [0.1, 0.15) is 17.9 Å². The fraction of sp³-hybridized carbons (Fsp3) is 0.118. The maximum atomic E-state index is 9.00. The molecular weight excluding hydrogens is 326 g/mol. The predicted molar refractivity (Wildman–Crippen MR) is 91.7 cm³/mol.